The van der Waals surface area contributed by atoms with Gasteiger partial charge in [0.05, 0.1) is 11.7 Å². The van der Waals surface area contributed by atoms with Gasteiger partial charge in [0.25, 0.3) is 0 Å². The second kappa shape index (κ2) is 5.18. The van der Waals surface area contributed by atoms with Crippen molar-refractivity contribution in [2.45, 2.75) is 26.4 Å². The number of allylic oxidation sites excluding steroid dienone is 1. The molecule has 0 fully saturated rings. The Bertz CT molecular complexity index is 570. The molecule has 0 saturated carbocycles. The van der Waals surface area contributed by atoms with Crippen LogP contribution in [-0.2, 0) is 4.74 Å². The fourth-order valence-electron chi connectivity index (χ4n) is 1.97. The Morgan fingerprint density at radius 1 is 1.42 bits per heavy atom. The predicted molar refractivity (Wildman–Crippen MR) is 72.2 cm³/mol. The highest BCUT2D eigenvalue weighted by atomic mass is 16.5. The Balaban J connectivity index is 2.51. The third-order valence-electron chi connectivity index (χ3n) is 3.10. The zero-order chi connectivity index (χ0) is 14.0. The lowest BCUT2D eigenvalue weighted by Crippen LogP contribution is -2.09. The molecule has 2 rings (SSSR count). The number of phenolic OH excluding ortho intramolecular Hbond substituents is 2. The summed E-state index contributed by atoms with van der Waals surface area (Å²) in [6.07, 6.45) is 6.90. The van der Waals surface area contributed by atoms with Gasteiger partial charge in [0.2, 0.25) is 0 Å². The summed E-state index contributed by atoms with van der Waals surface area (Å²) in [5.74, 6) is 0.349. The molecule has 2 N–H and O–H groups in total. The summed E-state index contributed by atoms with van der Waals surface area (Å²) < 4.78 is 5.59. The van der Waals surface area contributed by atoms with Crippen molar-refractivity contribution in [2.24, 2.45) is 0 Å². The van der Waals surface area contributed by atoms with Crippen molar-refractivity contribution in [3.63, 3.8) is 0 Å². The van der Waals surface area contributed by atoms with Gasteiger partial charge in [-0.05, 0) is 37.6 Å². The number of carbonyl (C=O) groups excluding carboxylic acids is 1. The molecule has 4 heteroatoms. The molecular formula is C15H16O4. The van der Waals surface area contributed by atoms with Gasteiger partial charge in [-0.3, -0.25) is 4.79 Å². The number of hydrogen-bond donors (Lipinski definition) is 2. The molecule has 0 amide bonds. The Morgan fingerprint density at radius 3 is 2.79 bits per heavy atom. The highest BCUT2D eigenvalue weighted by Gasteiger charge is 2.15. The molecule has 0 saturated heterocycles. The minimum absolute atomic E-state index is 0.0530. The van der Waals surface area contributed by atoms with E-state index in [2.05, 4.69) is 0 Å². The molecule has 1 unspecified atom stereocenters. The first kappa shape index (κ1) is 13.2. The van der Waals surface area contributed by atoms with Crippen molar-refractivity contribution in [1.29, 1.82) is 0 Å². The highest BCUT2D eigenvalue weighted by molar-refractivity contribution is 5.87. The van der Waals surface area contributed by atoms with Gasteiger partial charge in [0.1, 0.15) is 17.3 Å². The van der Waals surface area contributed by atoms with Crippen LogP contribution in [0.25, 0.3) is 6.08 Å². The fourth-order valence-corrected chi connectivity index (χ4v) is 1.97. The van der Waals surface area contributed by atoms with Crippen molar-refractivity contribution in [3.05, 3.63) is 40.7 Å². The number of benzene rings is 1. The largest absolute Gasteiger partial charge is 0.508 e. The van der Waals surface area contributed by atoms with Gasteiger partial charge < -0.3 is 14.9 Å². The number of carbonyl (C=O) groups is 1. The molecule has 1 aliphatic heterocycles. The van der Waals surface area contributed by atoms with Gasteiger partial charge in [0.15, 0.2) is 6.29 Å². The molecule has 0 aliphatic carbocycles. The average Bonchev–Trinajstić information content (AvgIpc) is 2.37. The van der Waals surface area contributed by atoms with Crippen molar-refractivity contribution >= 4 is 12.4 Å². The second-order valence-corrected chi connectivity index (χ2v) is 4.60. The lowest BCUT2D eigenvalue weighted by Gasteiger charge is -2.18. The molecule has 100 valence electrons. The summed E-state index contributed by atoms with van der Waals surface area (Å²) in [5.41, 5.74) is 0.875. The predicted octanol–water partition coefficient (Wildman–Crippen LogP) is 2.92. The van der Waals surface area contributed by atoms with E-state index in [-0.39, 0.29) is 28.7 Å². The van der Waals surface area contributed by atoms with E-state index in [1.807, 2.05) is 19.1 Å². The van der Waals surface area contributed by atoms with E-state index >= 15 is 0 Å². The monoisotopic (exact) mass is 260 g/mol. The van der Waals surface area contributed by atoms with E-state index in [1.54, 1.807) is 13.0 Å². The van der Waals surface area contributed by atoms with Crippen LogP contribution in [0, 0.1) is 6.92 Å². The molecule has 0 spiro atoms. The molecule has 1 heterocycles. The van der Waals surface area contributed by atoms with Crippen LogP contribution in [0.3, 0.4) is 0 Å². The molecule has 0 aromatic heterocycles. The van der Waals surface area contributed by atoms with E-state index in [0.29, 0.717) is 17.6 Å². The SMILES string of the molecule is Cc1c(O)cc(C=C2C=CCC(C)O2)c(C=O)c1O. The third kappa shape index (κ3) is 2.62. The van der Waals surface area contributed by atoms with E-state index in [9.17, 15) is 15.0 Å². The smallest absolute Gasteiger partial charge is 0.154 e. The van der Waals surface area contributed by atoms with Gasteiger partial charge in [-0.2, -0.15) is 0 Å². The van der Waals surface area contributed by atoms with E-state index in [1.165, 1.54) is 6.07 Å². The first-order valence-electron chi connectivity index (χ1n) is 6.08. The van der Waals surface area contributed by atoms with Gasteiger partial charge in [0, 0.05) is 12.0 Å². The van der Waals surface area contributed by atoms with Gasteiger partial charge in [-0.25, -0.2) is 0 Å². The normalized spacial score (nSPS) is 20.3. The van der Waals surface area contributed by atoms with Gasteiger partial charge >= 0.3 is 0 Å². The van der Waals surface area contributed by atoms with Gasteiger partial charge in [-0.15, -0.1) is 0 Å². The van der Waals surface area contributed by atoms with Crippen LogP contribution in [0.4, 0.5) is 0 Å². The maximum atomic E-state index is 11.1. The first-order valence-corrected chi connectivity index (χ1v) is 6.08. The Labute approximate surface area is 111 Å². The number of ether oxygens (including phenoxy) is 1. The number of aromatic hydroxyl groups is 2. The third-order valence-corrected chi connectivity index (χ3v) is 3.10. The zero-order valence-electron chi connectivity index (χ0n) is 10.9. The lowest BCUT2D eigenvalue weighted by atomic mass is 10.0. The maximum Gasteiger partial charge on any atom is 0.154 e. The summed E-state index contributed by atoms with van der Waals surface area (Å²) in [4.78, 5) is 11.1. The lowest BCUT2D eigenvalue weighted by molar-refractivity contribution is 0.112. The molecule has 1 atom stereocenters. The quantitative estimate of drug-likeness (QED) is 0.802. The number of phenols is 2. The Hall–Kier alpha value is -2.23. The number of rotatable bonds is 2. The standard InChI is InChI=1S/C15H16O4/c1-9-4-3-5-12(19-9)6-11-7-14(17)10(2)15(18)13(11)8-16/h3,5-9,17-18H,4H2,1-2H3. The summed E-state index contributed by atoms with van der Waals surface area (Å²) in [6.45, 7) is 3.50. The molecule has 0 bridgehead atoms. The Kier molecular flexibility index (Phi) is 3.60. The first-order chi connectivity index (χ1) is 9.02. The minimum atomic E-state index is -0.199. The van der Waals surface area contributed by atoms with Crippen LogP contribution in [0.1, 0.15) is 34.8 Å². The van der Waals surface area contributed by atoms with Crippen molar-refractivity contribution < 1.29 is 19.7 Å². The van der Waals surface area contributed by atoms with E-state index < -0.39 is 0 Å². The average molecular weight is 260 g/mol. The molecule has 0 radical (unpaired) electrons. The van der Waals surface area contributed by atoms with Gasteiger partial charge in [-0.1, -0.05) is 6.08 Å². The molecule has 1 aliphatic rings. The Morgan fingerprint density at radius 2 is 2.16 bits per heavy atom. The highest BCUT2D eigenvalue weighted by Crippen LogP contribution is 2.33. The molecular weight excluding hydrogens is 244 g/mol. The number of aldehydes is 1. The number of hydrogen-bond acceptors (Lipinski definition) is 4. The van der Waals surface area contributed by atoms with Crippen LogP contribution < -0.4 is 0 Å². The maximum absolute atomic E-state index is 11.1. The van der Waals surface area contributed by atoms with Crippen molar-refractivity contribution in [1.82, 2.24) is 0 Å². The second-order valence-electron chi connectivity index (χ2n) is 4.60. The molecule has 4 nitrogen and oxygen atoms in total. The zero-order valence-corrected chi connectivity index (χ0v) is 10.9. The van der Waals surface area contributed by atoms with E-state index in [4.69, 9.17) is 4.74 Å². The summed E-state index contributed by atoms with van der Waals surface area (Å²) >= 11 is 0. The van der Waals surface area contributed by atoms with Crippen LogP contribution in [-0.4, -0.2) is 22.6 Å². The fraction of sp³-hybridized carbons (Fsp3) is 0.267. The van der Waals surface area contributed by atoms with E-state index in [0.717, 1.165) is 6.42 Å². The van der Waals surface area contributed by atoms with Crippen molar-refractivity contribution in [2.75, 3.05) is 0 Å². The summed E-state index contributed by atoms with van der Waals surface area (Å²) in [6, 6.07) is 1.45. The van der Waals surface area contributed by atoms with Crippen molar-refractivity contribution in [3.8, 4) is 11.5 Å². The molecule has 1 aromatic carbocycles. The minimum Gasteiger partial charge on any atom is -0.508 e. The van der Waals surface area contributed by atoms with Crippen LogP contribution in [0.5, 0.6) is 11.5 Å². The summed E-state index contributed by atoms with van der Waals surface area (Å²) in [5, 5.41) is 19.6. The molecule has 1 aromatic rings. The molecule has 19 heavy (non-hydrogen) atoms. The summed E-state index contributed by atoms with van der Waals surface area (Å²) in [7, 11) is 0. The van der Waals surface area contributed by atoms with Crippen LogP contribution in [0.15, 0.2) is 24.0 Å². The van der Waals surface area contributed by atoms with Crippen LogP contribution in [0.2, 0.25) is 0 Å². The van der Waals surface area contributed by atoms with Crippen LogP contribution >= 0.6 is 0 Å². The topological polar surface area (TPSA) is 66.8 Å².